The smallest absolute Gasteiger partial charge is 0.417 e. The molecule has 0 radical (unpaired) electrons. The third-order valence-electron chi connectivity index (χ3n) is 4.03. The summed E-state index contributed by atoms with van der Waals surface area (Å²) >= 11 is 0. The number of rotatable bonds is 3. The van der Waals surface area contributed by atoms with E-state index in [4.69, 9.17) is 0 Å². The highest BCUT2D eigenvalue weighted by Gasteiger charge is 2.33. The molecule has 0 heterocycles. The lowest BCUT2D eigenvalue weighted by atomic mass is 9.96. The topological polar surface area (TPSA) is 83.6 Å². The summed E-state index contributed by atoms with van der Waals surface area (Å²) in [5.41, 5.74) is -0.604. The molecular weight excluding hydrogens is 411 g/mol. The molecule has 31 heavy (non-hydrogen) atoms. The van der Waals surface area contributed by atoms with Crippen molar-refractivity contribution in [2.75, 3.05) is 0 Å². The maximum absolute atomic E-state index is 13.2. The van der Waals surface area contributed by atoms with E-state index in [0.29, 0.717) is 5.56 Å². The van der Waals surface area contributed by atoms with Crippen molar-refractivity contribution < 1.29 is 28.3 Å². The molecule has 0 aromatic heterocycles. The van der Waals surface area contributed by atoms with Crippen LogP contribution in [0.3, 0.4) is 0 Å². The Hall–Kier alpha value is -3.55. The quantitative estimate of drug-likeness (QED) is 0.255. The van der Waals surface area contributed by atoms with E-state index in [1.807, 2.05) is 27.7 Å². The van der Waals surface area contributed by atoms with Gasteiger partial charge in [-0.25, -0.2) is 0 Å². The molecule has 0 spiro atoms. The van der Waals surface area contributed by atoms with Crippen molar-refractivity contribution in [2.45, 2.75) is 33.9 Å². The second-order valence-corrected chi connectivity index (χ2v) is 5.74. The van der Waals surface area contributed by atoms with Gasteiger partial charge in [0, 0.05) is 0 Å². The standard InChI is InChI=1S/C19H12F3NO4.2C2H6/c20-19(21,22)15-4-2-1-3-13(15)11-5-7-12(8-6-11)14-9-17(24)18(25)10-16(14)23(26)27;2*1-2/h1-10,24-25H;2*1-2H3. The molecule has 0 aliphatic carbocycles. The first kappa shape index (κ1) is 25.5. The van der Waals surface area contributed by atoms with Gasteiger partial charge < -0.3 is 10.2 Å². The van der Waals surface area contributed by atoms with E-state index in [-0.39, 0.29) is 16.7 Å². The minimum Gasteiger partial charge on any atom is -0.504 e. The molecule has 0 atom stereocenters. The molecular formula is C23H24F3NO4. The number of alkyl halides is 3. The molecule has 0 saturated carbocycles. The van der Waals surface area contributed by atoms with Crippen molar-refractivity contribution in [3.63, 3.8) is 0 Å². The zero-order valence-corrected chi connectivity index (χ0v) is 17.6. The molecule has 0 amide bonds. The summed E-state index contributed by atoms with van der Waals surface area (Å²) in [6, 6.07) is 12.6. The molecule has 0 unspecified atom stereocenters. The van der Waals surface area contributed by atoms with E-state index >= 15 is 0 Å². The predicted octanol–water partition coefficient (Wildman–Crippen LogP) is 7.41. The van der Waals surface area contributed by atoms with Crippen molar-refractivity contribution in [1.29, 1.82) is 0 Å². The highest BCUT2D eigenvalue weighted by molar-refractivity contribution is 5.79. The minimum atomic E-state index is -4.52. The first-order valence-electron chi connectivity index (χ1n) is 9.66. The van der Waals surface area contributed by atoms with Gasteiger partial charge in [-0.05, 0) is 28.8 Å². The van der Waals surface area contributed by atoms with Gasteiger partial charge in [-0.3, -0.25) is 10.1 Å². The summed E-state index contributed by atoms with van der Waals surface area (Å²) in [6.07, 6.45) is -4.52. The van der Waals surface area contributed by atoms with Crippen LogP contribution in [-0.4, -0.2) is 15.1 Å². The van der Waals surface area contributed by atoms with Crippen LogP contribution in [0.1, 0.15) is 33.3 Å². The Balaban J connectivity index is 0.00000113. The Labute approximate surface area is 178 Å². The highest BCUT2D eigenvalue weighted by Crippen LogP contribution is 2.40. The van der Waals surface area contributed by atoms with E-state index < -0.39 is 33.8 Å². The maximum atomic E-state index is 13.2. The summed E-state index contributed by atoms with van der Waals surface area (Å²) in [6.45, 7) is 8.00. The molecule has 2 N–H and O–H groups in total. The molecule has 166 valence electrons. The summed E-state index contributed by atoms with van der Waals surface area (Å²) in [7, 11) is 0. The van der Waals surface area contributed by atoms with Crippen LogP contribution in [0, 0.1) is 10.1 Å². The molecule has 5 nitrogen and oxygen atoms in total. The molecule has 3 aromatic carbocycles. The Bertz CT molecular complexity index is 1020. The predicted molar refractivity (Wildman–Crippen MR) is 115 cm³/mol. The number of hydrogen-bond donors (Lipinski definition) is 2. The number of nitro benzene ring substituents is 1. The van der Waals surface area contributed by atoms with Gasteiger partial charge >= 0.3 is 6.18 Å². The van der Waals surface area contributed by atoms with Crippen molar-refractivity contribution >= 4 is 5.69 Å². The van der Waals surface area contributed by atoms with Gasteiger partial charge in [0.05, 0.1) is 22.1 Å². The fourth-order valence-corrected chi connectivity index (χ4v) is 2.76. The van der Waals surface area contributed by atoms with Gasteiger partial charge in [0.2, 0.25) is 0 Å². The van der Waals surface area contributed by atoms with E-state index in [1.165, 1.54) is 42.5 Å². The number of phenols is 2. The second kappa shape index (κ2) is 11.0. The van der Waals surface area contributed by atoms with Gasteiger partial charge in [0.15, 0.2) is 11.5 Å². The van der Waals surface area contributed by atoms with Crippen LogP contribution >= 0.6 is 0 Å². The van der Waals surface area contributed by atoms with Crippen LogP contribution in [-0.2, 0) is 6.18 Å². The fraction of sp³-hybridized carbons (Fsp3) is 0.217. The van der Waals surface area contributed by atoms with Crippen LogP contribution in [0.4, 0.5) is 18.9 Å². The van der Waals surface area contributed by atoms with Crippen LogP contribution in [0.25, 0.3) is 22.3 Å². The summed E-state index contributed by atoms with van der Waals surface area (Å²) < 4.78 is 39.5. The number of aromatic hydroxyl groups is 2. The Morgan fingerprint density at radius 3 is 1.71 bits per heavy atom. The number of phenolic OH excluding ortho intramolecular Hbond substituents is 2. The van der Waals surface area contributed by atoms with Crippen LogP contribution in [0.5, 0.6) is 11.5 Å². The number of halogens is 3. The average Bonchev–Trinajstić information content (AvgIpc) is 2.77. The summed E-state index contributed by atoms with van der Waals surface area (Å²) in [5.74, 6) is -1.18. The average molecular weight is 435 g/mol. The van der Waals surface area contributed by atoms with Crippen molar-refractivity contribution in [3.8, 4) is 33.8 Å². The second-order valence-electron chi connectivity index (χ2n) is 5.74. The SMILES string of the molecule is CC.CC.O=[N+]([O-])c1cc(O)c(O)cc1-c1ccc(-c2ccccc2C(F)(F)F)cc1. The van der Waals surface area contributed by atoms with Gasteiger partial charge in [-0.1, -0.05) is 70.2 Å². The first-order valence-corrected chi connectivity index (χ1v) is 9.66. The van der Waals surface area contributed by atoms with E-state index in [9.17, 15) is 33.5 Å². The number of nitrogens with zero attached hydrogens (tertiary/aromatic N) is 1. The van der Waals surface area contributed by atoms with Gasteiger partial charge in [0.1, 0.15) is 0 Å². The molecule has 3 aromatic rings. The largest absolute Gasteiger partial charge is 0.504 e. The number of nitro groups is 1. The zero-order chi connectivity index (χ0) is 23.8. The molecule has 0 saturated heterocycles. The monoisotopic (exact) mass is 435 g/mol. The van der Waals surface area contributed by atoms with Crippen molar-refractivity contribution in [2.24, 2.45) is 0 Å². The molecule has 0 aliphatic rings. The highest BCUT2D eigenvalue weighted by atomic mass is 19.4. The van der Waals surface area contributed by atoms with Crippen LogP contribution in [0.2, 0.25) is 0 Å². The van der Waals surface area contributed by atoms with E-state index in [1.54, 1.807) is 0 Å². The Kier molecular flexibility index (Phi) is 9.05. The lowest BCUT2D eigenvalue weighted by Gasteiger charge is -2.13. The summed E-state index contributed by atoms with van der Waals surface area (Å²) in [5, 5.41) is 30.3. The molecule has 0 aliphatic heterocycles. The third-order valence-corrected chi connectivity index (χ3v) is 4.03. The van der Waals surface area contributed by atoms with Crippen LogP contribution < -0.4 is 0 Å². The van der Waals surface area contributed by atoms with Crippen molar-refractivity contribution in [3.05, 3.63) is 76.3 Å². The minimum absolute atomic E-state index is 0.0143. The Morgan fingerprint density at radius 2 is 1.23 bits per heavy atom. The number of benzene rings is 3. The number of hydrogen-bond acceptors (Lipinski definition) is 4. The lowest BCUT2D eigenvalue weighted by Crippen LogP contribution is -2.06. The fourth-order valence-electron chi connectivity index (χ4n) is 2.76. The van der Waals surface area contributed by atoms with Crippen molar-refractivity contribution in [1.82, 2.24) is 0 Å². The zero-order valence-electron chi connectivity index (χ0n) is 17.6. The lowest BCUT2D eigenvalue weighted by molar-refractivity contribution is -0.384. The van der Waals surface area contributed by atoms with Crippen LogP contribution in [0.15, 0.2) is 60.7 Å². The normalized spacial score (nSPS) is 10.3. The molecule has 3 rings (SSSR count). The van der Waals surface area contributed by atoms with Gasteiger partial charge in [-0.15, -0.1) is 0 Å². The maximum Gasteiger partial charge on any atom is 0.417 e. The van der Waals surface area contributed by atoms with E-state index in [0.717, 1.165) is 18.2 Å². The van der Waals surface area contributed by atoms with E-state index in [2.05, 4.69) is 0 Å². The molecule has 0 fully saturated rings. The molecule has 8 heteroatoms. The molecule has 0 bridgehead atoms. The Morgan fingerprint density at radius 1 is 0.774 bits per heavy atom. The third kappa shape index (κ3) is 5.97. The first-order chi connectivity index (χ1) is 14.7. The van der Waals surface area contributed by atoms with Gasteiger partial charge in [0.25, 0.3) is 5.69 Å². The summed E-state index contributed by atoms with van der Waals surface area (Å²) in [4.78, 5) is 10.5. The van der Waals surface area contributed by atoms with Gasteiger partial charge in [-0.2, -0.15) is 13.2 Å².